The van der Waals surface area contributed by atoms with Gasteiger partial charge in [-0.1, -0.05) is 70.1 Å². The summed E-state index contributed by atoms with van der Waals surface area (Å²) in [5, 5.41) is 0. The molecule has 0 N–H and O–H groups in total. The van der Waals surface area contributed by atoms with Crippen LogP contribution in [0, 0.1) is 13.8 Å². The summed E-state index contributed by atoms with van der Waals surface area (Å²) in [5.41, 5.74) is 3.29. The molecular weight excluding hydrogens is 397 g/mol. The van der Waals surface area contributed by atoms with Crippen LogP contribution in [0.15, 0.2) is 53.4 Å². The Hall–Kier alpha value is -0.920. The average Bonchev–Trinajstić information content (AvgIpc) is 3.12. The molecule has 0 radical (unpaired) electrons. The molecule has 5 heteroatoms. The fourth-order valence-corrected chi connectivity index (χ4v) is 5.99. The standard InChI is InChI=1S/C16H16INO2S/c1-11-3-7-13(8-4-11)15-16(17)18(15)21(19,20)14-9-5-12(2)6-10-14/h3-10,15-16H,1-2H3. The maximum absolute atomic E-state index is 12.7. The topological polar surface area (TPSA) is 37.1 Å². The molecule has 21 heavy (non-hydrogen) atoms. The lowest BCUT2D eigenvalue weighted by atomic mass is 10.1. The van der Waals surface area contributed by atoms with E-state index in [0.29, 0.717) is 4.90 Å². The molecule has 1 fully saturated rings. The SMILES string of the molecule is Cc1ccc(C2C(I)N2S(=O)(=O)c2ccc(C)cc2)cc1. The number of hydrogen-bond donors (Lipinski definition) is 0. The van der Waals surface area contributed by atoms with E-state index in [1.807, 2.05) is 50.2 Å². The third-order valence-electron chi connectivity index (χ3n) is 3.70. The molecule has 1 aliphatic rings. The Labute approximate surface area is 139 Å². The van der Waals surface area contributed by atoms with Gasteiger partial charge in [0.05, 0.1) is 15.0 Å². The van der Waals surface area contributed by atoms with Crippen LogP contribution in [0.4, 0.5) is 0 Å². The third kappa shape index (κ3) is 2.74. The molecule has 0 spiro atoms. The number of halogens is 1. The van der Waals surface area contributed by atoms with Gasteiger partial charge in [-0.2, -0.15) is 4.31 Å². The van der Waals surface area contributed by atoms with E-state index in [4.69, 9.17) is 0 Å². The highest BCUT2D eigenvalue weighted by Crippen LogP contribution is 2.51. The maximum Gasteiger partial charge on any atom is 0.244 e. The van der Waals surface area contributed by atoms with Crippen LogP contribution in [0.5, 0.6) is 0 Å². The van der Waals surface area contributed by atoms with E-state index >= 15 is 0 Å². The van der Waals surface area contributed by atoms with Gasteiger partial charge in [0.1, 0.15) is 0 Å². The molecule has 3 rings (SSSR count). The smallest absolute Gasteiger partial charge is 0.207 e. The average molecular weight is 413 g/mol. The summed E-state index contributed by atoms with van der Waals surface area (Å²) in [6, 6.07) is 15.0. The Bertz CT molecular complexity index is 754. The second kappa shape index (κ2) is 5.37. The van der Waals surface area contributed by atoms with E-state index in [1.54, 1.807) is 16.4 Å². The molecule has 2 aromatic rings. The zero-order valence-corrected chi connectivity index (χ0v) is 14.8. The maximum atomic E-state index is 12.7. The van der Waals surface area contributed by atoms with Gasteiger partial charge in [0.25, 0.3) is 0 Å². The van der Waals surface area contributed by atoms with E-state index < -0.39 is 10.0 Å². The molecule has 1 heterocycles. The van der Waals surface area contributed by atoms with Crippen LogP contribution in [0.25, 0.3) is 0 Å². The lowest BCUT2D eigenvalue weighted by molar-refractivity contribution is 0.553. The molecule has 1 aliphatic heterocycles. The molecule has 2 aromatic carbocycles. The largest absolute Gasteiger partial charge is 0.244 e. The Morgan fingerprint density at radius 3 is 1.90 bits per heavy atom. The van der Waals surface area contributed by atoms with E-state index in [1.165, 1.54) is 5.56 Å². The van der Waals surface area contributed by atoms with Crippen molar-refractivity contribution in [1.29, 1.82) is 0 Å². The number of sulfonamides is 1. The number of alkyl halides is 1. The van der Waals surface area contributed by atoms with E-state index in [9.17, 15) is 8.42 Å². The fraction of sp³-hybridized carbons (Fsp3) is 0.250. The predicted octanol–water partition coefficient (Wildman–Crippen LogP) is 3.81. The summed E-state index contributed by atoms with van der Waals surface area (Å²) in [6.07, 6.45) is 0. The number of aryl methyl sites for hydroxylation is 2. The minimum Gasteiger partial charge on any atom is -0.207 e. The number of hydrogen-bond acceptors (Lipinski definition) is 2. The first-order valence-electron chi connectivity index (χ1n) is 6.72. The van der Waals surface area contributed by atoms with Crippen LogP contribution < -0.4 is 0 Å². The van der Waals surface area contributed by atoms with Gasteiger partial charge in [0.2, 0.25) is 10.0 Å². The lowest BCUT2D eigenvalue weighted by Crippen LogP contribution is -2.13. The first-order chi connectivity index (χ1) is 9.91. The summed E-state index contributed by atoms with van der Waals surface area (Å²) in [5.74, 6) is 0. The minimum atomic E-state index is -3.41. The van der Waals surface area contributed by atoms with Gasteiger partial charge < -0.3 is 0 Å². The van der Waals surface area contributed by atoms with Crippen molar-refractivity contribution in [2.75, 3.05) is 0 Å². The first-order valence-corrected chi connectivity index (χ1v) is 9.41. The highest BCUT2D eigenvalue weighted by Gasteiger charge is 2.54. The molecule has 110 valence electrons. The van der Waals surface area contributed by atoms with Crippen molar-refractivity contribution in [1.82, 2.24) is 4.31 Å². The summed E-state index contributed by atoms with van der Waals surface area (Å²) >= 11 is 2.20. The lowest BCUT2D eigenvalue weighted by Gasteiger charge is -2.07. The molecule has 3 atom stereocenters. The molecule has 0 aromatic heterocycles. The van der Waals surface area contributed by atoms with Gasteiger partial charge in [0, 0.05) is 0 Å². The first kappa shape index (κ1) is 15.0. The second-order valence-electron chi connectivity index (χ2n) is 5.38. The highest BCUT2D eigenvalue weighted by molar-refractivity contribution is 14.1. The second-order valence-corrected chi connectivity index (χ2v) is 8.50. The van der Waals surface area contributed by atoms with Crippen LogP contribution in [0.2, 0.25) is 0 Å². The summed E-state index contributed by atoms with van der Waals surface area (Å²) in [7, 11) is -3.41. The van der Waals surface area contributed by atoms with Gasteiger partial charge in [-0.3, -0.25) is 0 Å². The van der Waals surface area contributed by atoms with E-state index in [-0.39, 0.29) is 10.1 Å². The Kier molecular flexibility index (Phi) is 3.83. The van der Waals surface area contributed by atoms with Gasteiger partial charge >= 0.3 is 0 Å². The molecule has 3 nitrogen and oxygen atoms in total. The van der Waals surface area contributed by atoms with Crippen molar-refractivity contribution in [3.63, 3.8) is 0 Å². The molecule has 0 saturated carbocycles. The third-order valence-corrected chi connectivity index (χ3v) is 7.24. The van der Waals surface area contributed by atoms with Crippen LogP contribution in [0.1, 0.15) is 22.7 Å². The fourth-order valence-electron chi connectivity index (χ4n) is 2.37. The molecule has 3 unspecified atom stereocenters. The zero-order valence-electron chi connectivity index (χ0n) is 11.8. The predicted molar refractivity (Wildman–Crippen MR) is 91.9 cm³/mol. The van der Waals surface area contributed by atoms with E-state index in [0.717, 1.165) is 11.1 Å². The molecule has 0 amide bonds. The van der Waals surface area contributed by atoms with Crippen LogP contribution in [0.3, 0.4) is 0 Å². The molecule has 0 aliphatic carbocycles. The summed E-state index contributed by atoms with van der Waals surface area (Å²) in [4.78, 5) is 0.365. The van der Waals surface area contributed by atoms with E-state index in [2.05, 4.69) is 22.6 Å². The number of benzene rings is 2. The molecule has 1 saturated heterocycles. The van der Waals surface area contributed by atoms with Gasteiger partial charge in [-0.05, 0) is 31.5 Å². The van der Waals surface area contributed by atoms with Crippen LogP contribution in [-0.2, 0) is 10.0 Å². The van der Waals surface area contributed by atoms with Crippen molar-refractivity contribution >= 4 is 32.6 Å². The van der Waals surface area contributed by atoms with Gasteiger partial charge in [-0.15, -0.1) is 0 Å². The minimum absolute atomic E-state index is 0.0170. The van der Waals surface area contributed by atoms with Crippen LogP contribution >= 0.6 is 22.6 Å². The van der Waals surface area contributed by atoms with Crippen molar-refractivity contribution in [2.24, 2.45) is 0 Å². The number of nitrogens with zero attached hydrogens (tertiary/aromatic N) is 1. The van der Waals surface area contributed by atoms with Crippen molar-refractivity contribution in [3.8, 4) is 0 Å². The van der Waals surface area contributed by atoms with Crippen molar-refractivity contribution in [2.45, 2.75) is 28.8 Å². The van der Waals surface area contributed by atoms with Gasteiger partial charge in [0.15, 0.2) is 0 Å². The number of rotatable bonds is 3. The van der Waals surface area contributed by atoms with Crippen molar-refractivity contribution in [3.05, 3.63) is 65.2 Å². The highest BCUT2D eigenvalue weighted by atomic mass is 127. The normalized spacial score (nSPS) is 24.8. The van der Waals surface area contributed by atoms with Crippen molar-refractivity contribution < 1.29 is 8.42 Å². The molecular formula is C16H16INO2S. The monoisotopic (exact) mass is 413 g/mol. The van der Waals surface area contributed by atoms with Gasteiger partial charge in [-0.25, -0.2) is 8.42 Å². The quantitative estimate of drug-likeness (QED) is 0.332. The summed E-state index contributed by atoms with van der Waals surface area (Å²) in [6.45, 7) is 3.98. The molecule has 0 bridgehead atoms. The Morgan fingerprint density at radius 2 is 1.38 bits per heavy atom. The zero-order chi connectivity index (χ0) is 15.2. The summed E-state index contributed by atoms with van der Waals surface area (Å²) < 4.78 is 26.9. The van der Waals surface area contributed by atoms with Crippen LogP contribution in [-0.4, -0.2) is 16.8 Å². The Morgan fingerprint density at radius 1 is 0.905 bits per heavy atom. The Balaban J connectivity index is 1.91.